The van der Waals surface area contributed by atoms with Gasteiger partial charge in [-0.3, -0.25) is 4.79 Å². The van der Waals surface area contributed by atoms with Gasteiger partial charge in [-0.15, -0.1) is 0 Å². The molecule has 0 saturated carbocycles. The minimum absolute atomic E-state index is 0.145. The van der Waals surface area contributed by atoms with Crippen molar-refractivity contribution in [2.45, 2.75) is 53.1 Å². The number of nitrogens with zero attached hydrogens (tertiary/aromatic N) is 1. The lowest BCUT2D eigenvalue weighted by molar-refractivity contribution is -0.167. The molecule has 0 aromatic heterocycles. The minimum atomic E-state index is -0.671. The van der Waals surface area contributed by atoms with E-state index in [1.165, 1.54) is 5.57 Å². The average molecular weight is 358 g/mol. The highest BCUT2D eigenvalue weighted by molar-refractivity contribution is 5.72. The molecule has 0 amide bonds. The summed E-state index contributed by atoms with van der Waals surface area (Å²) >= 11 is 0. The van der Waals surface area contributed by atoms with Gasteiger partial charge in [0.2, 0.25) is 0 Å². The smallest absolute Gasteiger partial charge is 0.310 e. The lowest BCUT2D eigenvalue weighted by Crippen LogP contribution is -2.43. The van der Waals surface area contributed by atoms with Crippen LogP contribution in [-0.4, -0.2) is 31.5 Å². The van der Waals surface area contributed by atoms with Gasteiger partial charge in [0.05, 0.1) is 6.42 Å². The summed E-state index contributed by atoms with van der Waals surface area (Å²) in [6.45, 7) is 11.2. The van der Waals surface area contributed by atoms with Gasteiger partial charge in [-0.1, -0.05) is 60.6 Å². The molecule has 0 bridgehead atoms. The zero-order chi connectivity index (χ0) is 19.7. The van der Waals surface area contributed by atoms with E-state index in [2.05, 4.69) is 58.0 Å². The number of allylic oxidation sites excluding steroid dienone is 2. The number of carbonyl (C=O) groups excluding carboxylic acids is 1. The van der Waals surface area contributed by atoms with Gasteiger partial charge in [-0.05, 0) is 47.4 Å². The summed E-state index contributed by atoms with van der Waals surface area (Å²) in [5, 5.41) is 0. The summed E-state index contributed by atoms with van der Waals surface area (Å²) in [6.07, 6.45) is 5.08. The normalized spacial score (nSPS) is 14.3. The highest BCUT2D eigenvalue weighted by Crippen LogP contribution is 2.39. The quantitative estimate of drug-likeness (QED) is 0.441. The molecule has 0 spiro atoms. The van der Waals surface area contributed by atoms with Crippen LogP contribution >= 0.6 is 0 Å². The maximum atomic E-state index is 12.7. The molecule has 0 aliphatic rings. The Kier molecular flexibility index (Phi) is 8.80. The Morgan fingerprint density at radius 3 is 2.15 bits per heavy atom. The van der Waals surface area contributed by atoms with Gasteiger partial charge in [0.25, 0.3) is 0 Å². The highest BCUT2D eigenvalue weighted by atomic mass is 16.6. The average Bonchev–Trinajstić information content (AvgIpc) is 2.56. The Labute approximate surface area is 159 Å². The molecule has 144 valence electrons. The van der Waals surface area contributed by atoms with E-state index in [1.54, 1.807) is 0 Å². The number of carbonyl (C=O) groups is 1. The largest absolute Gasteiger partial charge is 0.453 e. The zero-order valence-corrected chi connectivity index (χ0v) is 17.5. The van der Waals surface area contributed by atoms with Crippen LogP contribution in [-0.2, 0) is 15.1 Å². The Morgan fingerprint density at radius 1 is 1.08 bits per heavy atom. The predicted octanol–water partition coefficient (Wildman–Crippen LogP) is 5.34. The summed E-state index contributed by atoms with van der Waals surface area (Å²) < 4.78 is 6.23. The van der Waals surface area contributed by atoms with Crippen molar-refractivity contribution in [3.63, 3.8) is 0 Å². The molecule has 3 heteroatoms. The van der Waals surface area contributed by atoms with Crippen molar-refractivity contribution in [1.29, 1.82) is 0 Å². The second-order valence-electron chi connectivity index (χ2n) is 7.86. The summed E-state index contributed by atoms with van der Waals surface area (Å²) in [5.41, 5.74) is 2.73. The number of benzene rings is 1. The van der Waals surface area contributed by atoms with Gasteiger partial charge in [0.1, 0.15) is 5.60 Å². The fraction of sp³-hybridized carbons (Fsp3) is 0.522. The molecule has 0 aliphatic heterocycles. The highest BCUT2D eigenvalue weighted by Gasteiger charge is 2.41. The van der Waals surface area contributed by atoms with Gasteiger partial charge in [0.15, 0.2) is 0 Å². The van der Waals surface area contributed by atoms with Crippen LogP contribution in [0.2, 0.25) is 0 Å². The standard InChI is InChI=1S/C23H35NO2/c1-18(2)13-14-22(25)26-23(16-15-19(3)4,20(5)17-24(6)7)21-11-9-8-10-12-21/h8-13,15,20H,14,16-17H2,1-7H3. The van der Waals surface area contributed by atoms with Crippen LogP contribution in [0.3, 0.4) is 0 Å². The first-order chi connectivity index (χ1) is 12.2. The summed E-state index contributed by atoms with van der Waals surface area (Å²) in [4.78, 5) is 14.8. The van der Waals surface area contributed by atoms with Crippen molar-refractivity contribution in [2.75, 3.05) is 20.6 Å². The van der Waals surface area contributed by atoms with E-state index in [1.807, 2.05) is 38.1 Å². The monoisotopic (exact) mass is 357 g/mol. The van der Waals surface area contributed by atoms with Gasteiger partial charge in [-0.2, -0.15) is 0 Å². The second kappa shape index (κ2) is 10.3. The Bertz CT molecular complexity index is 623. The molecule has 0 saturated heterocycles. The lowest BCUT2D eigenvalue weighted by Gasteiger charge is -2.40. The van der Waals surface area contributed by atoms with E-state index in [4.69, 9.17) is 4.74 Å². The number of hydrogen-bond acceptors (Lipinski definition) is 3. The van der Waals surface area contributed by atoms with E-state index < -0.39 is 5.60 Å². The molecular formula is C23H35NO2. The minimum Gasteiger partial charge on any atom is -0.453 e. The molecule has 0 radical (unpaired) electrons. The maximum absolute atomic E-state index is 12.7. The fourth-order valence-electron chi connectivity index (χ4n) is 3.11. The predicted molar refractivity (Wildman–Crippen MR) is 110 cm³/mol. The molecule has 1 rings (SSSR count). The van der Waals surface area contributed by atoms with E-state index in [0.29, 0.717) is 12.8 Å². The molecule has 0 aliphatic carbocycles. The van der Waals surface area contributed by atoms with E-state index in [9.17, 15) is 4.79 Å². The topological polar surface area (TPSA) is 29.5 Å². The van der Waals surface area contributed by atoms with Crippen LogP contribution in [0.15, 0.2) is 53.6 Å². The van der Waals surface area contributed by atoms with Gasteiger partial charge in [0, 0.05) is 18.9 Å². The fourth-order valence-corrected chi connectivity index (χ4v) is 3.11. The number of rotatable bonds is 9. The SMILES string of the molecule is CC(C)=CCC(=O)OC(CC=C(C)C)(c1ccccc1)C(C)CN(C)C. The number of hydrogen-bond donors (Lipinski definition) is 0. The van der Waals surface area contributed by atoms with Crippen molar-refractivity contribution in [2.24, 2.45) is 5.92 Å². The van der Waals surface area contributed by atoms with Crippen LogP contribution in [0.25, 0.3) is 0 Å². The number of ether oxygens (including phenoxy) is 1. The third-order valence-corrected chi connectivity index (χ3v) is 4.48. The lowest BCUT2D eigenvalue weighted by atomic mass is 9.78. The van der Waals surface area contributed by atoms with Crippen molar-refractivity contribution in [1.82, 2.24) is 4.90 Å². The Balaban J connectivity index is 3.35. The van der Waals surface area contributed by atoms with Crippen LogP contribution in [0.1, 0.15) is 53.0 Å². The van der Waals surface area contributed by atoms with Crippen molar-refractivity contribution < 1.29 is 9.53 Å². The van der Waals surface area contributed by atoms with Gasteiger partial charge >= 0.3 is 5.97 Å². The summed E-state index contributed by atoms with van der Waals surface area (Å²) in [7, 11) is 4.11. The van der Waals surface area contributed by atoms with E-state index >= 15 is 0 Å². The third kappa shape index (κ3) is 6.80. The van der Waals surface area contributed by atoms with Gasteiger partial charge in [-0.25, -0.2) is 0 Å². The maximum Gasteiger partial charge on any atom is 0.310 e. The first kappa shape index (κ1) is 22.2. The van der Waals surface area contributed by atoms with Gasteiger partial charge < -0.3 is 9.64 Å². The van der Waals surface area contributed by atoms with Crippen LogP contribution in [0, 0.1) is 5.92 Å². The molecule has 3 nitrogen and oxygen atoms in total. The van der Waals surface area contributed by atoms with Crippen molar-refractivity contribution in [3.05, 3.63) is 59.2 Å². The third-order valence-electron chi connectivity index (χ3n) is 4.48. The summed E-state index contributed by atoms with van der Waals surface area (Å²) in [6, 6.07) is 10.2. The molecule has 1 aromatic rings. The molecule has 0 heterocycles. The first-order valence-corrected chi connectivity index (χ1v) is 9.36. The Hall–Kier alpha value is -1.87. The molecule has 1 aromatic carbocycles. The van der Waals surface area contributed by atoms with Crippen LogP contribution in [0.5, 0.6) is 0 Å². The second-order valence-corrected chi connectivity index (χ2v) is 7.86. The molecule has 0 fully saturated rings. The van der Waals surface area contributed by atoms with E-state index in [0.717, 1.165) is 17.7 Å². The summed E-state index contributed by atoms with van der Waals surface area (Å²) in [5.74, 6) is -0.0334. The number of esters is 1. The van der Waals surface area contributed by atoms with Crippen LogP contribution < -0.4 is 0 Å². The van der Waals surface area contributed by atoms with E-state index in [-0.39, 0.29) is 11.9 Å². The zero-order valence-electron chi connectivity index (χ0n) is 17.5. The molecule has 2 atom stereocenters. The van der Waals surface area contributed by atoms with Crippen molar-refractivity contribution >= 4 is 5.97 Å². The molecular weight excluding hydrogens is 322 g/mol. The van der Waals surface area contributed by atoms with Crippen molar-refractivity contribution in [3.8, 4) is 0 Å². The van der Waals surface area contributed by atoms with Crippen LogP contribution in [0.4, 0.5) is 0 Å². The Morgan fingerprint density at radius 2 is 1.65 bits per heavy atom. The molecule has 2 unspecified atom stereocenters. The molecule has 26 heavy (non-hydrogen) atoms. The molecule has 0 N–H and O–H groups in total. The first-order valence-electron chi connectivity index (χ1n) is 9.36.